The number of methoxy groups -OCH3 is 1. The van der Waals surface area contributed by atoms with E-state index in [0.717, 1.165) is 19.2 Å². The standard InChI is InChI=1S/C15H11F4NO3/c1-22-12(21)6-8-2-3-20-13(14(8)23-15(18)19)9-4-10(16)7-11(17)5-9/h2-5,7,15H,6H2,1H3. The maximum absolute atomic E-state index is 13.3. The molecule has 0 fully saturated rings. The van der Waals surface area contributed by atoms with Crippen LogP contribution in [0.3, 0.4) is 0 Å². The van der Waals surface area contributed by atoms with Gasteiger partial charge in [0.05, 0.1) is 13.5 Å². The van der Waals surface area contributed by atoms with E-state index in [4.69, 9.17) is 0 Å². The Morgan fingerprint density at radius 2 is 1.87 bits per heavy atom. The van der Waals surface area contributed by atoms with Gasteiger partial charge in [0.1, 0.15) is 17.3 Å². The highest BCUT2D eigenvalue weighted by molar-refractivity contribution is 5.76. The fraction of sp³-hybridized carbons (Fsp3) is 0.200. The number of alkyl halides is 2. The first-order valence-corrected chi connectivity index (χ1v) is 6.36. The molecule has 1 heterocycles. The smallest absolute Gasteiger partial charge is 0.387 e. The van der Waals surface area contributed by atoms with Crippen LogP contribution in [0.4, 0.5) is 17.6 Å². The summed E-state index contributed by atoms with van der Waals surface area (Å²) < 4.78 is 60.9. The molecule has 2 aromatic rings. The molecule has 0 N–H and O–H groups in total. The number of hydrogen-bond donors (Lipinski definition) is 0. The SMILES string of the molecule is COC(=O)Cc1ccnc(-c2cc(F)cc(F)c2)c1OC(F)F. The van der Waals surface area contributed by atoms with E-state index in [1.807, 2.05) is 0 Å². The fourth-order valence-corrected chi connectivity index (χ4v) is 1.97. The lowest BCUT2D eigenvalue weighted by molar-refractivity contribution is -0.139. The van der Waals surface area contributed by atoms with E-state index in [0.29, 0.717) is 6.07 Å². The van der Waals surface area contributed by atoms with Crippen molar-refractivity contribution in [1.82, 2.24) is 4.98 Å². The Hall–Kier alpha value is -2.64. The van der Waals surface area contributed by atoms with Gasteiger partial charge in [-0.05, 0) is 18.2 Å². The van der Waals surface area contributed by atoms with E-state index in [1.54, 1.807) is 0 Å². The van der Waals surface area contributed by atoms with Crippen molar-refractivity contribution in [2.45, 2.75) is 13.0 Å². The van der Waals surface area contributed by atoms with E-state index in [9.17, 15) is 22.4 Å². The van der Waals surface area contributed by atoms with Crippen molar-refractivity contribution in [2.24, 2.45) is 0 Å². The Kier molecular flexibility index (Phi) is 5.15. The zero-order chi connectivity index (χ0) is 17.0. The number of benzene rings is 1. The Morgan fingerprint density at radius 3 is 2.43 bits per heavy atom. The minimum Gasteiger partial charge on any atom is -0.469 e. The second kappa shape index (κ2) is 7.08. The first-order valence-electron chi connectivity index (χ1n) is 6.36. The van der Waals surface area contributed by atoms with Gasteiger partial charge in [0, 0.05) is 23.4 Å². The molecule has 1 aromatic carbocycles. The Balaban J connectivity index is 2.57. The third-order valence-corrected chi connectivity index (χ3v) is 2.89. The van der Waals surface area contributed by atoms with Crippen molar-refractivity contribution in [2.75, 3.05) is 7.11 Å². The van der Waals surface area contributed by atoms with E-state index in [2.05, 4.69) is 14.5 Å². The molecule has 0 saturated heterocycles. The third kappa shape index (κ3) is 4.18. The highest BCUT2D eigenvalue weighted by atomic mass is 19.3. The van der Waals surface area contributed by atoms with Crippen LogP contribution in [-0.4, -0.2) is 24.7 Å². The number of hydrogen-bond acceptors (Lipinski definition) is 4. The second-order valence-corrected chi connectivity index (χ2v) is 4.44. The summed E-state index contributed by atoms with van der Waals surface area (Å²) in [6.45, 7) is -3.20. The van der Waals surface area contributed by atoms with Crippen molar-refractivity contribution in [3.05, 3.63) is 47.7 Å². The van der Waals surface area contributed by atoms with Crippen molar-refractivity contribution in [1.29, 1.82) is 0 Å². The molecule has 0 amide bonds. The van der Waals surface area contributed by atoms with Gasteiger partial charge in [-0.15, -0.1) is 0 Å². The van der Waals surface area contributed by atoms with Gasteiger partial charge in [0.25, 0.3) is 0 Å². The van der Waals surface area contributed by atoms with Crippen LogP contribution < -0.4 is 4.74 Å². The first-order chi connectivity index (χ1) is 10.9. The van der Waals surface area contributed by atoms with Crippen LogP contribution in [0.2, 0.25) is 0 Å². The molecule has 0 radical (unpaired) electrons. The lowest BCUT2D eigenvalue weighted by atomic mass is 10.1. The molecular weight excluding hydrogens is 318 g/mol. The fourth-order valence-electron chi connectivity index (χ4n) is 1.97. The monoisotopic (exact) mass is 329 g/mol. The number of carbonyl (C=O) groups excluding carboxylic acids is 1. The van der Waals surface area contributed by atoms with Gasteiger partial charge in [0.15, 0.2) is 5.75 Å². The van der Waals surface area contributed by atoms with Crippen molar-refractivity contribution >= 4 is 5.97 Å². The minimum atomic E-state index is -3.20. The molecule has 8 heteroatoms. The predicted molar refractivity (Wildman–Crippen MR) is 71.9 cm³/mol. The average Bonchev–Trinajstić information content (AvgIpc) is 2.47. The molecule has 0 bridgehead atoms. The summed E-state index contributed by atoms with van der Waals surface area (Å²) in [5, 5.41) is 0. The van der Waals surface area contributed by atoms with Crippen LogP contribution in [0.25, 0.3) is 11.3 Å². The number of ether oxygens (including phenoxy) is 2. The normalized spacial score (nSPS) is 10.7. The lowest BCUT2D eigenvalue weighted by Crippen LogP contribution is -2.11. The molecule has 122 valence electrons. The molecule has 2 rings (SSSR count). The van der Waals surface area contributed by atoms with E-state index in [-0.39, 0.29) is 23.2 Å². The van der Waals surface area contributed by atoms with Gasteiger partial charge in [-0.3, -0.25) is 9.78 Å². The summed E-state index contributed by atoms with van der Waals surface area (Å²) in [7, 11) is 1.14. The summed E-state index contributed by atoms with van der Waals surface area (Å²) in [5.41, 5.74) is -0.234. The molecule has 4 nitrogen and oxygen atoms in total. The first kappa shape index (κ1) is 16.7. The van der Waals surface area contributed by atoms with E-state index in [1.165, 1.54) is 12.3 Å². The minimum absolute atomic E-state index is 0.0619. The third-order valence-electron chi connectivity index (χ3n) is 2.89. The Morgan fingerprint density at radius 1 is 1.22 bits per heavy atom. The lowest BCUT2D eigenvalue weighted by Gasteiger charge is -2.14. The molecule has 0 aliphatic rings. The summed E-state index contributed by atoms with van der Waals surface area (Å²) in [6.07, 6.45) is 0.862. The molecule has 0 saturated carbocycles. The average molecular weight is 329 g/mol. The molecule has 0 atom stereocenters. The van der Waals surface area contributed by atoms with Gasteiger partial charge in [-0.2, -0.15) is 8.78 Å². The number of pyridine rings is 1. The Labute approximate surface area is 128 Å². The molecule has 0 aliphatic carbocycles. The summed E-state index contributed by atoms with van der Waals surface area (Å²) in [6, 6.07) is 3.76. The molecule has 23 heavy (non-hydrogen) atoms. The number of carbonyl (C=O) groups is 1. The highest BCUT2D eigenvalue weighted by Gasteiger charge is 2.20. The quantitative estimate of drug-likeness (QED) is 0.623. The van der Waals surface area contributed by atoms with Gasteiger partial charge in [-0.25, -0.2) is 8.78 Å². The topological polar surface area (TPSA) is 48.4 Å². The number of halogens is 4. The van der Waals surface area contributed by atoms with E-state index < -0.39 is 30.0 Å². The summed E-state index contributed by atoms with van der Waals surface area (Å²) in [5.74, 6) is -2.92. The molecule has 1 aromatic heterocycles. The summed E-state index contributed by atoms with van der Waals surface area (Å²) >= 11 is 0. The van der Waals surface area contributed by atoms with Gasteiger partial charge in [0.2, 0.25) is 0 Å². The van der Waals surface area contributed by atoms with Gasteiger partial charge >= 0.3 is 12.6 Å². The maximum atomic E-state index is 13.3. The van der Waals surface area contributed by atoms with Crippen LogP contribution in [0.1, 0.15) is 5.56 Å². The highest BCUT2D eigenvalue weighted by Crippen LogP contribution is 2.33. The van der Waals surface area contributed by atoms with Gasteiger partial charge < -0.3 is 9.47 Å². The largest absolute Gasteiger partial charge is 0.469 e. The van der Waals surface area contributed by atoms with E-state index >= 15 is 0 Å². The number of esters is 1. The second-order valence-electron chi connectivity index (χ2n) is 4.44. The van der Waals surface area contributed by atoms with Crippen molar-refractivity contribution in [3.63, 3.8) is 0 Å². The Bertz CT molecular complexity index is 702. The molecule has 0 spiro atoms. The van der Waals surface area contributed by atoms with Crippen LogP contribution in [0.5, 0.6) is 5.75 Å². The molecular formula is C15H11F4NO3. The molecule has 0 aliphatic heterocycles. The zero-order valence-electron chi connectivity index (χ0n) is 11.9. The van der Waals surface area contributed by atoms with Crippen molar-refractivity contribution < 1.29 is 31.8 Å². The van der Waals surface area contributed by atoms with Crippen LogP contribution in [-0.2, 0) is 16.0 Å². The predicted octanol–water partition coefficient (Wildman–Crippen LogP) is 3.34. The number of nitrogens with zero attached hydrogens (tertiary/aromatic N) is 1. The van der Waals surface area contributed by atoms with Crippen molar-refractivity contribution in [3.8, 4) is 17.0 Å². The molecule has 0 unspecified atom stereocenters. The summed E-state index contributed by atoms with van der Waals surface area (Å²) in [4.78, 5) is 15.2. The van der Waals surface area contributed by atoms with Crippen LogP contribution in [0.15, 0.2) is 30.5 Å². The number of rotatable bonds is 5. The maximum Gasteiger partial charge on any atom is 0.387 e. The van der Waals surface area contributed by atoms with Crippen LogP contribution in [0, 0.1) is 11.6 Å². The van der Waals surface area contributed by atoms with Gasteiger partial charge in [-0.1, -0.05) is 0 Å². The zero-order valence-corrected chi connectivity index (χ0v) is 11.9. The van der Waals surface area contributed by atoms with Crippen LogP contribution >= 0.6 is 0 Å². The number of aromatic nitrogens is 1.